The molecule has 0 aliphatic carbocycles. The van der Waals surface area contributed by atoms with Gasteiger partial charge in [-0.2, -0.15) is 4.31 Å². The third-order valence-electron chi connectivity index (χ3n) is 6.32. The molecule has 1 aliphatic heterocycles. The van der Waals surface area contributed by atoms with Crippen LogP contribution in [-0.4, -0.2) is 67.8 Å². The van der Waals surface area contributed by atoms with Gasteiger partial charge in [0.1, 0.15) is 0 Å². The predicted molar refractivity (Wildman–Crippen MR) is 143 cm³/mol. The van der Waals surface area contributed by atoms with Crippen molar-refractivity contribution < 1.29 is 13.2 Å². The van der Waals surface area contributed by atoms with Crippen LogP contribution in [0.1, 0.15) is 21.5 Å². The minimum Gasteiger partial charge on any atom is -0.345 e. The number of amides is 1. The number of carbonyl (C=O) groups excluding carboxylic acids is 1. The molecule has 7 nitrogen and oxygen atoms in total. The maximum atomic E-state index is 13.1. The number of benzene rings is 2. The van der Waals surface area contributed by atoms with E-state index in [0.29, 0.717) is 31.7 Å². The van der Waals surface area contributed by atoms with E-state index >= 15 is 0 Å². The number of sulfonamides is 1. The van der Waals surface area contributed by atoms with E-state index in [0.717, 1.165) is 10.6 Å². The van der Waals surface area contributed by atoms with E-state index in [2.05, 4.69) is 44.0 Å². The number of hydrogen-bond donors (Lipinski definition) is 0. The molecule has 0 saturated carbocycles. The lowest BCUT2D eigenvalue weighted by atomic mass is 10.1. The monoisotopic (exact) mass is 510 g/mol. The van der Waals surface area contributed by atoms with E-state index in [-0.39, 0.29) is 23.9 Å². The molecule has 0 spiro atoms. The average molecular weight is 511 g/mol. The zero-order chi connectivity index (χ0) is 25.2. The second kappa shape index (κ2) is 10.3. The maximum Gasteiger partial charge on any atom is 0.253 e. The Kier molecular flexibility index (Phi) is 7.39. The molecule has 35 heavy (non-hydrogen) atoms. The van der Waals surface area contributed by atoms with Crippen molar-refractivity contribution in [1.29, 1.82) is 0 Å². The summed E-state index contributed by atoms with van der Waals surface area (Å²) in [6, 6.07) is 10.4. The van der Waals surface area contributed by atoms with Crippen molar-refractivity contribution in [2.24, 2.45) is 0 Å². The number of aromatic nitrogens is 1. The third kappa shape index (κ3) is 5.03. The molecule has 2 aromatic carbocycles. The lowest BCUT2D eigenvalue weighted by molar-refractivity contribution is 0.0746. The molecule has 3 aromatic rings. The van der Waals surface area contributed by atoms with Crippen LogP contribution in [0.15, 0.2) is 66.6 Å². The first-order valence-corrected chi connectivity index (χ1v) is 13.7. The third-order valence-corrected chi connectivity index (χ3v) is 9.24. The van der Waals surface area contributed by atoms with Crippen molar-refractivity contribution in [1.82, 2.24) is 14.2 Å². The van der Waals surface area contributed by atoms with Crippen LogP contribution < -0.4 is 4.90 Å². The Balaban J connectivity index is 1.43. The molecule has 184 valence electrons. The van der Waals surface area contributed by atoms with Crippen molar-refractivity contribution in [3.05, 3.63) is 78.4 Å². The summed E-state index contributed by atoms with van der Waals surface area (Å²) in [6.45, 7) is 14.4. The summed E-state index contributed by atoms with van der Waals surface area (Å²) in [7, 11) is -3.69. The zero-order valence-corrected chi connectivity index (χ0v) is 21.7. The summed E-state index contributed by atoms with van der Waals surface area (Å²) in [4.78, 5) is 22.1. The highest BCUT2D eigenvalue weighted by Crippen LogP contribution is 2.32. The van der Waals surface area contributed by atoms with Gasteiger partial charge in [-0.15, -0.1) is 13.2 Å². The molecule has 0 atom stereocenters. The van der Waals surface area contributed by atoms with Crippen LogP contribution in [0.5, 0.6) is 0 Å². The molecule has 1 saturated heterocycles. The van der Waals surface area contributed by atoms with Gasteiger partial charge in [0.25, 0.3) is 5.91 Å². The number of thiazole rings is 1. The maximum absolute atomic E-state index is 13.1. The highest BCUT2D eigenvalue weighted by atomic mass is 32.2. The Morgan fingerprint density at radius 3 is 2.26 bits per heavy atom. The predicted octanol–water partition coefficient (Wildman–Crippen LogP) is 4.24. The van der Waals surface area contributed by atoms with Gasteiger partial charge in [-0.1, -0.05) is 29.6 Å². The Labute approximate surface area is 211 Å². The van der Waals surface area contributed by atoms with Crippen molar-refractivity contribution in [2.45, 2.75) is 18.7 Å². The van der Waals surface area contributed by atoms with Gasteiger partial charge in [0.2, 0.25) is 10.0 Å². The Morgan fingerprint density at radius 2 is 1.66 bits per heavy atom. The second-order valence-electron chi connectivity index (χ2n) is 8.55. The normalized spacial score (nSPS) is 14.5. The van der Waals surface area contributed by atoms with Gasteiger partial charge in [-0.25, -0.2) is 13.4 Å². The molecule has 1 aromatic heterocycles. The van der Waals surface area contributed by atoms with Gasteiger partial charge in [-0.3, -0.25) is 4.79 Å². The van der Waals surface area contributed by atoms with Crippen LogP contribution in [0, 0.1) is 13.8 Å². The van der Waals surface area contributed by atoms with Crippen LogP contribution in [0.2, 0.25) is 0 Å². The Bertz CT molecular complexity index is 1350. The first-order chi connectivity index (χ1) is 16.8. The first-order valence-electron chi connectivity index (χ1n) is 11.5. The summed E-state index contributed by atoms with van der Waals surface area (Å²) < 4.78 is 28.3. The van der Waals surface area contributed by atoms with Crippen LogP contribution in [-0.2, 0) is 10.0 Å². The molecule has 9 heteroatoms. The molecule has 0 N–H and O–H groups in total. The summed E-state index contributed by atoms with van der Waals surface area (Å²) in [5.41, 5.74) is 3.97. The molecule has 4 rings (SSSR count). The summed E-state index contributed by atoms with van der Waals surface area (Å²) in [5, 5.41) is 0.985. The van der Waals surface area contributed by atoms with Gasteiger partial charge in [0.05, 0.1) is 15.1 Å². The van der Waals surface area contributed by atoms with E-state index < -0.39 is 10.0 Å². The molecule has 0 bridgehead atoms. The van der Waals surface area contributed by atoms with E-state index in [4.69, 9.17) is 4.98 Å². The molecule has 0 radical (unpaired) electrons. The van der Waals surface area contributed by atoms with E-state index in [1.807, 2.05) is 4.90 Å². The van der Waals surface area contributed by atoms with Crippen LogP contribution in [0.3, 0.4) is 0 Å². The zero-order valence-electron chi connectivity index (χ0n) is 20.1. The van der Waals surface area contributed by atoms with E-state index in [1.54, 1.807) is 23.5 Å². The lowest BCUT2D eigenvalue weighted by Gasteiger charge is -2.34. The highest BCUT2D eigenvalue weighted by molar-refractivity contribution is 7.89. The summed E-state index contributed by atoms with van der Waals surface area (Å²) >= 11 is 1.68. The second-order valence-corrected chi connectivity index (χ2v) is 11.5. The van der Waals surface area contributed by atoms with Crippen LogP contribution in [0.4, 0.5) is 5.13 Å². The Morgan fingerprint density at radius 1 is 1.03 bits per heavy atom. The van der Waals surface area contributed by atoms with Crippen molar-refractivity contribution in [3.8, 4) is 0 Å². The number of hydrogen-bond acceptors (Lipinski definition) is 6. The fraction of sp³-hybridized carbons (Fsp3) is 0.308. The van der Waals surface area contributed by atoms with E-state index in [1.165, 1.54) is 44.4 Å². The number of anilines is 1. The van der Waals surface area contributed by atoms with Crippen molar-refractivity contribution in [3.63, 3.8) is 0 Å². The molecule has 0 unspecified atom stereocenters. The smallest absolute Gasteiger partial charge is 0.253 e. The Hall–Kier alpha value is -3.01. The largest absolute Gasteiger partial charge is 0.345 e. The molecular formula is C26H30N4O3S2. The van der Waals surface area contributed by atoms with Gasteiger partial charge >= 0.3 is 0 Å². The number of nitrogens with zero attached hydrogens (tertiary/aromatic N) is 4. The highest BCUT2D eigenvalue weighted by Gasteiger charge is 2.26. The fourth-order valence-electron chi connectivity index (χ4n) is 4.11. The molecule has 1 fully saturated rings. The minimum atomic E-state index is -3.69. The fourth-order valence-corrected chi connectivity index (χ4v) is 6.57. The lowest BCUT2D eigenvalue weighted by Crippen LogP contribution is -2.48. The molecule has 1 aliphatic rings. The summed E-state index contributed by atoms with van der Waals surface area (Å²) in [5.74, 6) is -0.0987. The van der Waals surface area contributed by atoms with Crippen LogP contribution in [0.25, 0.3) is 10.2 Å². The van der Waals surface area contributed by atoms with Gasteiger partial charge in [-0.05, 0) is 55.3 Å². The molecule has 1 amide bonds. The first kappa shape index (κ1) is 25.1. The van der Waals surface area contributed by atoms with Crippen molar-refractivity contribution in [2.75, 3.05) is 44.2 Å². The van der Waals surface area contributed by atoms with E-state index in [9.17, 15) is 13.2 Å². The molecule has 2 heterocycles. The van der Waals surface area contributed by atoms with Gasteiger partial charge < -0.3 is 9.80 Å². The quantitative estimate of drug-likeness (QED) is 0.424. The molecular weight excluding hydrogens is 480 g/mol. The average Bonchev–Trinajstić information content (AvgIpc) is 3.31. The van der Waals surface area contributed by atoms with Crippen molar-refractivity contribution >= 4 is 42.6 Å². The number of piperazine rings is 1. The SMILES string of the molecule is C=CCN(CC=C)S(=O)(=O)c1ccc(C(=O)N2CCN(c3nc4c(C)c(C)ccc4s3)CC2)cc1. The number of carbonyl (C=O) groups is 1. The minimum absolute atomic E-state index is 0.0987. The van der Waals surface area contributed by atoms with Gasteiger partial charge in [0, 0.05) is 44.8 Å². The van der Waals surface area contributed by atoms with Gasteiger partial charge in [0.15, 0.2) is 5.13 Å². The topological polar surface area (TPSA) is 73.8 Å². The van der Waals surface area contributed by atoms with Crippen LogP contribution >= 0.6 is 11.3 Å². The summed E-state index contributed by atoms with van der Waals surface area (Å²) in [6.07, 6.45) is 3.07. The number of fused-ring (bicyclic) bond motifs is 1. The number of rotatable bonds is 8. The standard InChI is InChI=1S/C26H30N4O3S2/c1-5-13-30(14-6-2)35(32,33)22-10-8-21(9-11-22)25(31)28-15-17-29(18-16-28)26-27-24-20(4)19(3)7-12-23(24)34-26/h5-12H,1-2,13-18H2,3-4H3. The number of aryl methyl sites for hydroxylation is 2.